The van der Waals surface area contributed by atoms with Crippen LogP contribution in [0.1, 0.15) is 23.6 Å². The maximum Gasteiger partial charge on any atom is 0.219 e. The van der Waals surface area contributed by atoms with Crippen molar-refractivity contribution in [1.82, 2.24) is 14.5 Å². The van der Waals surface area contributed by atoms with Crippen LogP contribution in [0.5, 0.6) is 5.75 Å². The number of hydrogen-bond donors (Lipinski definition) is 1. The Labute approximate surface area is 176 Å². The molecule has 0 saturated carbocycles. The van der Waals surface area contributed by atoms with E-state index in [0.29, 0.717) is 6.54 Å². The molecule has 0 bridgehead atoms. The summed E-state index contributed by atoms with van der Waals surface area (Å²) in [5, 5.41) is 10.1. The van der Waals surface area contributed by atoms with Gasteiger partial charge in [0.25, 0.3) is 0 Å². The molecule has 0 atom stereocenters. The quantitative estimate of drug-likeness (QED) is 0.664. The second-order valence-electron chi connectivity index (χ2n) is 7.59. The highest BCUT2D eigenvalue weighted by Crippen LogP contribution is 2.21. The molecule has 0 radical (unpaired) electrons. The molecule has 6 nitrogen and oxygen atoms in total. The van der Waals surface area contributed by atoms with Crippen molar-refractivity contribution in [1.29, 1.82) is 0 Å². The molecule has 0 aliphatic carbocycles. The molecular formula is C24H26N4O2. The lowest BCUT2D eigenvalue weighted by molar-refractivity contribution is -0.129. The van der Waals surface area contributed by atoms with Gasteiger partial charge >= 0.3 is 0 Å². The van der Waals surface area contributed by atoms with Gasteiger partial charge in [0, 0.05) is 57.7 Å². The first kappa shape index (κ1) is 19.8. The average molecular weight is 402 g/mol. The zero-order chi connectivity index (χ0) is 20.9. The number of hydrogen-bond acceptors (Lipinski definition) is 4. The molecule has 0 spiro atoms. The number of aromatic nitrogens is 2. The Morgan fingerprint density at radius 3 is 2.43 bits per heavy atom. The number of aromatic hydroxyl groups is 1. The molecular weight excluding hydrogens is 376 g/mol. The highest BCUT2D eigenvalue weighted by atomic mass is 16.3. The molecule has 1 N–H and O–H groups in total. The van der Waals surface area contributed by atoms with E-state index in [9.17, 15) is 9.90 Å². The number of phenolic OH excluding ortho intramolecular Hbond substituents is 1. The molecule has 1 amide bonds. The van der Waals surface area contributed by atoms with Crippen molar-refractivity contribution >= 4 is 23.7 Å². The van der Waals surface area contributed by atoms with Crippen molar-refractivity contribution in [2.24, 2.45) is 0 Å². The van der Waals surface area contributed by atoms with Gasteiger partial charge in [-0.2, -0.15) is 0 Å². The van der Waals surface area contributed by atoms with Gasteiger partial charge in [0.05, 0.1) is 6.33 Å². The molecule has 0 unspecified atom stereocenters. The van der Waals surface area contributed by atoms with Gasteiger partial charge in [-0.15, -0.1) is 0 Å². The molecule has 1 aliphatic rings. The van der Waals surface area contributed by atoms with Gasteiger partial charge in [0.1, 0.15) is 5.75 Å². The molecule has 1 aliphatic heterocycles. The smallest absolute Gasteiger partial charge is 0.219 e. The number of imidazole rings is 1. The number of anilines is 1. The number of phenols is 1. The van der Waals surface area contributed by atoms with Crippen LogP contribution >= 0.6 is 0 Å². The van der Waals surface area contributed by atoms with Crippen molar-refractivity contribution in [3.05, 3.63) is 77.9 Å². The van der Waals surface area contributed by atoms with Crippen LogP contribution in [0.4, 0.5) is 5.69 Å². The SMILES string of the molecule is CC(=O)N1CCN(c2ccc(C=Cc3cc(O)cc(Cn4ccnc4)c3)cc2)CC1. The van der Waals surface area contributed by atoms with Crippen LogP contribution in [0.25, 0.3) is 12.2 Å². The Balaban J connectivity index is 1.41. The number of rotatable bonds is 5. The standard InChI is InChI=1S/C24H26N4O2/c1-19(29)27-10-12-28(13-11-27)23-6-4-20(5-7-23)2-3-21-14-22(16-24(30)15-21)17-26-9-8-25-18-26/h2-9,14-16,18,30H,10-13,17H2,1H3. The molecule has 1 aromatic heterocycles. The predicted octanol–water partition coefficient (Wildman–Crippen LogP) is 3.48. The Morgan fingerprint density at radius 1 is 1.03 bits per heavy atom. The number of piperazine rings is 1. The third-order valence-electron chi connectivity index (χ3n) is 5.38. The van der Waals surface area contributed by atoms with Crippen LogP contribution in [0.3, 0.4) is 0 Å². The lowest BCUT2D eigenvalue weighted by atomic mass is 10.1. The fourth-order valence-electron chi connectivity index (χ4n) is 3.75. The molecule has 2 heterocycles. The maximum absolute atomic E-state index is 11.5. The molecule has 1 saturated heterocycles. The average Bonchev–Trinajstić information content (AvgIpc) is 3.25. The van der Waals surface area contributed by atoms with Gasteiger partial charge in [-0.1, -0.05) is 24.3 Å². The lowest BCUT2D eigenvalue weighted by Crippen LogP contribution is -2.48. The Kier molecular flexibility index (Phi) is 5.84. The van der Waals surface area contributed by atoms with Gasteiger partial charge in [0.2, 0.25) is 5.91 Å². The largest absolute Gasteiger partial charge is 0.508 e. The second-order valence-corrected chi connectivity index (χ2v) is 7.59. The lowest BCUT2D eigenvalue weighted by Gasteiger charge is -2.35. The first-order chi connectivity index (χ1) is 14.6. The van der Waals surface area contributed by atoms with E-state index < -0.39 is 0 Å². The van der Waals surface area contributed by atoms with Crippen molar-refractivity contribution in [3.63, 3.8) is 0 Å². The molecule has 6 heteroatoms. The third kappa shape index (κ3) is 4.89. The Bertz CT molecular complexity index is 1020. The molecule has 3 aromatic rings. The van der Waals surface area contributed by atoms with Crippen LogP contribution in [-0.2, 0) is 11.3 Å². The minimum Gasteiger partial charge on any atom is -0.508 e. The van der Waals surface area contributed by atoms with E-state index in [2.05, 4.69) is 40.2 Å². The van der Waals surface area contributed by atoms with Gasteiger partial charge in [-0.05, 0) is 47.0 Å². The summed E-state index contributed by atoms with van der Waals surface area (Å²) in [6.07, 6.45) is 9.48. The number of benzene rings is 2. The van der Waals surface area contributed by atoms with E-state index in [1.165, 1.54) is 5.69 Å². The van der Waals surface area contributed by atoms with E-state index in [4.69, 9.17) is 0 Å². The summed E-state index contributed by atoms with van der Waals surface area (Å²) in [4.78, 5) is 19.7. The van der Waals surface area contributed by atoms with Crippen LogP contribution in [-0.4, -0.2) is 51.6 Å². The molecule has 2 aromatic carbocycles. The van der Waals surface area contributed by atoms with Crippen LogP contribution in [0, 0.1) is 0 Å². The molecule has 30 heavy (non-hydrogen) atoms. The van der Waals surface area contributed by atoms with Crippen molar-refractivity contribution in [2.45, 2.75) is 13.5 Å². The Morgan fingerprint density at radius 2 is 1.77 bits per heavy atom. The van der Waals surface area contributed by atoms with E-state index in [0.717, 1.165) is 42.9 Å². The van der Waals surface area contributed by atoms with E-state index in [-0.39, 0.29) is 11.7 Å². The first-order valence-electron chi connectivity index (χ1n) is 10.1. The van der Waals surface area contributed by atoms with Gasteiger partial charge in [0.15, 0.2) is 0 Å². The summed E-state index contributed by atoms with van der Waals surface area (Å²) in [5.74, 6) is 0.405. The fourth-order valence-corrected chi connectivity index (χ4v) is 3.75. The predicted molar refractivity (Wildman–Crippen MR) is 119 cm³/mol. The highest BCUT2D eigenvalue weighted by molar-refractivity contribution is 5.74. The second kappa shape index (κ2) is 8.86. The highest BCUT2D eigenvalue weighted by Gasteiger charge is 2.18. The zero-order valence-corrected chi connectivity index (χ0v) is 17.1. The van der Waals surface area contributed by atoms with Crippen molar-refractivity contribution < 1.29 is 9.90 Å². The van der Waals surface area contributed by atoms with E-state index in [1.54, 1.807) is 31.6 Å². The van der Waals surface area contributed by atoms with Crippen molar-refractivity contribution in [2.75, 3.05) is 31.1 Å². The van der Waals surface area contributed by atoms with Crippen LogP contribution in [0.2, 0.25) is 0 Å². The number of carbonyl (C=O) groups is 1. The van der Waals surface area contributed by atoms with Crippen LogP contribution < -0.4 is 4.90 Å². The van der Waals surface area contributed by atoms with E-state index in [1.807, 2.05) is 27.8 Å². The van der Waals surface area contributed by atoms with Crippen LogP contribution in [0.15, 0.2) is 61.2 Å². The third-order valence-corrected chi connectivity index (χ3v) is 5.38. The van der Waals surface area contributed by atoms with Gasteiger partial charge < -0.3 is 19.5 Å². The molecule has 1 fully saturated rings. The fraction of sp³-hybridized carbons (Fsp3) is 0.250. The summed E-state index contributed by atoms with van der Waals surface area (Å²) >= 11 is 0. The summed E-state index contributed by atoms with van der Waals surface area (Å²) in [7, 11) is 0. The maximum atomic E-state index is 11.5. The Hall–Kier alpha value is -3.54. The molecule has 4 rings (SSSR count). The summed E-state index contributed by atoms with van der Waals surface area (Å²) in [6.45, 7) is 5.56. The monoisotopic (exact) mass is 402 g/mol. The number of carbonyl (C=O) groups excluding carboxylic acids is 1. The minimum absolute atomic E-state index is 0.148. The van der Waals surface area contributed by atoms with E-state index >= 15 is 0 Å². The zero-order valence-electron chi connectivity index (χ0n) is 17.1. The van der Waals surface area contributed by atoms with Gasteiger partial charge in [-0.25, -0.2) is 4.98 Å². The summed E-state index contributed by atoms with van der Waals surface area (Å²) in [6, 6.07) is 14.0. The normalized spacial score (nSPS) is 14.4. The van der Waals surface area contributed by atoms with Crippen molar-refractivity contribution in [3.8, 4) is 5.75 Å². The first-order valence-corrected chi connectivity index (χ1v) is 10.1. The minimum atomic E-state index is 0.148. The number of nitrogens with zero attached hydrogens (tertiary/aromatic N) is 4. The van der Waals surface area contributed by atoms with Gasteiger partial charge in [-0.3, -0.25) is 4.79 Å². The molecule has 154 valence electrons. The number of amides is 1. The summed E-state index contributed by atoms with van der Waals surface area (Å²) in [5.41, 5.74) is 4.25. The topological polar surface area (TPSA) is 61.6 Å². The summed E-state index contributed by atoms with van der Waals surface area (Å²) < 4.78 is 1.97.